The molecular weight excluding hydrogens is 230 g/mol. The highest BCUT2D eigenvalue weighted by atomic mass is 14.9. The lowest BCUT2D eigenvalue weighted by Gasteiger charge is -2.28. The summed E-state index contributed by atoms with van der Waals surface area (Å²) in [4.78, 5) is 0. The molecule has 0 aliphatic heterocycles. The molecule has 1 unspecified atom stereocenters. The third-order valence-corrected chi connectivity index (χ3v) is 3.82. The Morgan fingerprint density at radius 3 is 1.84 bits per heavy atom. The van der Waals surface area contributed by atoms with Crippen LogP contribution in [0.2, 0.25) is 0 Å². The number of aryl methyl sites for hydroxylation is 2. The normalized spacial score (nSPS) is 12.9. The Balaban J connectivity index is 3.01. The van der Waals surface area contributed by atoms with Gasteiger partial charge in [0.1, 0.15) is 0 Å². The van der Waals surface area contributed by atoms with Gasteiger partial charge in [0.25, 0.3) is 0 Å². The number of hydrogen-bond acceptors (Lipinski definition) is 1. The standard InChI is InChI=1S/C18H31N/c1-6-9-16(10-7-2)18(19-8-3)17-12-14(4)11-15(5)13-17/h11-13,16,18-19H,6-10H2,1-5H3. The van der Waals surface area contributed by atoms with Gasteiger partial charge in [-0.25, -0.2) is 0 Å². The SMILES string of the molecule is CCCC(CCC)C(NCC)c1cc(C)cc(C)c1. The lowest BCUT2D eigenvalue weighted by atomic mass is 9.85. The molecule has 1 heteroatoms. The van der Waals surface area contributed by atoms with E-state index in [9.17, 15) is 0 Å². The molecule has 1 nitrogen and oxygen atoms in total. The van der Waals surface area contributed by atoms with E-state index in [0.717, 1.165) is 12.5 Å². The minimum absolute atomic E-state index is 0.517. The van der Waals surface area contributed by atoms with Crippen LogP contribution in [0.4, 0.5) is 0 Å². The Labute approximate surface area is 119 Å². The van der Waals surface area contributed by atoms with E-state index < -0.39 is 0 Å². The van der Waals surface area contributed by atoms with Crippen LogP contribution in [0.1, 0.15) is 69.2 Å². The van der Waals surface area contributed by atoms with Crippen molar-refractivity contribution in [2.45, 2.75) is 66.3 Å². The van der Waals surface area contributed by atoms with E-state index in [-0.39, 0.29) is 0 Å². The molecule has 0 aliphatic carbocycles. The summed E-state index contributed by atoms with van der Waals surface area (Å²) in [6.07, 6.45) is 5.19. The van der Waals surface area contributed by atoms with Crippen molar-refractivity contribution in [2.75, 3.05) is 6.54 Å². The van der Waals surface area contributed by atoms with E-state index in [1.807, 2.05) is 0 Å². The Morgan fingerprint density at radius 1 is 0.895 bits per heavy atom. The van der Waals surface area contributed by atoms with E-state index in [4.69, 9.17) is 0 Å². The highest BCUT2D eigenvalue weighted by molar-refractivity contribution is 5.31. The van der Waals surface area contributed by atoms with Crippen molar-refractivity contribution in [2.24, 2.45) is 5.92 Å². The maximum atomic E-state index is 3.72. The summed E-state index contributed by atoms with van der Waals surface area (Å²) in [5.74, 6) is 0.760. The molecule has 0 amide bonds. The van der Waals surface area contributed by atoms with Gasteiger partial charge in [0.15, 0.2) is 0 Å². The van der Waals surface area contributed by atoms with Crippen LogP contribution in [-0.2, 0) is 0 Å². The van der Waals surface area contributed by atoms with Gasteiger partial charge in [-0.2, -0.15) is 0 Å². The summed E-state index contributed by atoms with van der Waals surface area (Å²) < 4.78 is 0. The second-order valence-corrected chi connectivity index (χ2v) is 5.79. The van der Waals surface area contributed by atoms with Crippen LogP contribution in [0.25, 0.3) is 0 Å². The van der Waals surface area contributed by atoms with E-state index in [1.54, 1.807) is 0 Å². The Kier molecular flexibility index (Phi) is 7.15. The lowest BCUT2D eigenvalue weighted by molar-refractivity contribution is 0.320. The van der Waals surface area contributed by atoms with Gasteiger partial charge < -0.3 is 5.32 Å². The van der Waals surface area contributed by atoms with Crippen LogP contribution >= 0.6 is 0 Å². The maximum Gasteiger partial charge on any atom is 0.0348 e. The zero-order valence-corrected chi connectivity index (χ0v) is 13.4. The molecule has 0 fully saturated rings. The van der Waals surface area contributed by atoms with Crippen molar-refractivity contribution >= 4 is 0 Å². The van der Waals surface area contributed by atoms with Gasteiger partial charge in [0, 0.05) is 6.04 Å². The third-order valence-electron chi connectivity index (χ3n) is 3.82. The van der Waals surface area contributed by atoms with Gasteiger partial charge >= 0.3 is 0 Å². The number of rotatable bonds is 8. The molecule has 0 radical (unpaired) electrons. The van der Waals surface area contributed by atoms with Crippen molar-refractivity contribution in [3.05, 3.63) is 34.9 Å². The molecule has 0 spiro atoms. The number of nitrogens with one attached hydrogen (secondary N) is 1. The van der Waals surface area contributed by atoms with Crippen LogP contribution in [-0.4, -0.2) is 6.54 Å². The second-order valence-electron chi connectivity index (χ2n) is 5.79. The fourth-order valence-electron chi connectivity index (χ4n) is 3.19. The fraction of sp³-hybridized carbons (Fsp3) is 0.667. The summed E-state index contributed by atoms with van der Waals surface area (Å²) in [6.45, 7) is 12.3. The highest BCUT2D eigenvalue weighted by Crippen LogP contribution is 2.30. The molecule has 19 heavy (non-hydrogen) atoms. The summed E-state index contributed by atoms with van der Waals surface area (Å²) in [5, 5.41) is 3.72. The van der Waals surface area contributed by atoms with E-state index >= 15 is 0 Å². The zero-order valence-electron chi connectivity index (χ0n) is 13.4. The van der Waals surface area contributed by atoms with Gasteiger partial charge in [0.2, 0.25) is 0 Å². The molecule has 1 aromatic carbocycles. The molecule has 0 aliphatic rings. The molecule has 0 heterocycles. The molecule has 0 bridgehead atoms. The summed E-state index contributed by atoms with van der Waals surface area (Å²) >= 11 is 0. The zero-order chi connectivity index (χ0) is 14.3. The van der Waals surface area contributed by atoms with Crippen LogP contribution < -0.4 is 5.32 Å². The van der Waals surface area contributed by atoms with Crippen molar-refractivity contribution < 1.29 is 0 Å². The van der Waals surface area contributed by atoms with Crippen molar-refractivity contribution in [1.29, 1.82) is 0 Å². The van der Waals surface area contributed by atoms with Crippen molar-refractivity contribution in [3.8, 4) is 0 Å². The van der Waals surface area contributed by atoms with Gasteiger partial charge in [-0.05, 0) is 44.7 Å². The Bertz CT molecular complexity index is 344. The van der Waals surface area contributed by atoms with E-state index in [2.05, 4.69) is 58.1 Å². The molecule has 0 saturated carbocycles. The van der Waals surface area contributed by atoms with E-state index in [0.29, 0.717) is 6.04 Å². The van der Waals surface area contributed by atoms with Crippen LogP contribution in [0, 0.1) is 19.8 Å². The second kappa shape index (κ2) is 8.37. The first kappa shape index (κ1) is 16.2. The Morgan fingerprint density at radius 2 is 1.42 bits per heavy atom. The van der Waals surface area contributed by atoms with Crippen LogP contribution in [0.15, 0.2) is 18.2 Å². The van der Waals surface area contributed by atoms with Crippen molar-refractivity contribution in [3.63, 3.8) is 0 Å². The summed E-state index contributed by atoms with van der Waals surface area (Å²) in [5.41, 5.74) is 4.24. The van der Waals surface area contributed by atoms with Crippen LogP contribution in [0.3, 0.4) is 0 Å². The Hall–Kier alpha value is -0.820. The van der Waals surface area contributed by atoms with Gasteiger partial charge in [0.05, 0.1) is 0 Å². The predicted molar refractivity (Wildman–Crippen MR) is 85.6 cm³/mol. The maximum absolute atomic E-state index is 3.72. The molecule has 1 rings (SSSR count). The first-order valence-corrected chi connectivity index (χ1v) is 7.93. The fourth-order valence-corrected chi connectivity index (χ4v) is 3.19. The molecule has 1 atom stereocenters. The molecular formula is C18H31N. The van der Waals surface area contributed by atoms with Gasteiger partial charge in [-0.1, -0.05) is 62.9 Å². The molecule has 0 saturated heterocycles. The van der Waals surface area contributed by atoms with Gasteiger partial charge in [-0.15, -0.1) is 0 Å². The predicted octanol–water partition coefficient (Wildman–Crippen LogP) is 5.17. The first-order chi connectivity index (χ1) is 9.12. The smallest absolute Gasteiger partial charge is 0.0348 e. The summed E-state index contributed by atoms with van der Waals surface area (Å²) in [7, 11) is 0. The molecule has 1 aromatic rings. The molecule has 108 valence electrons. The highest BCUT2D eigenvalue weighted by Gasteiger charge is 2.21. The number of benzene rings is 1. The average Bonchev–Trinajstić information content (AvgIpc) is 2.34. The quantitative estimate of drug-likeness (QED) is 0.680. The summed E-state index contributed by atoms with van der Waals surface area (Å²) in [6, 6.07) is 7.50. The first-order valence-electron chi connectivity index (χ1n) is 7.93. The number of hydrogen-bond donors (Lipinski definition) is 1. The third kappa shape index (κ3) is 4.99. The van der Waals surface area contributed by atoms with Gasteiger partial charge in [-0.3, -0.25) is 0 Å². The largest absolute Gasteiger partial charge is 0.310 e. The average molecular weight is 261 g/mol. The minimum Gasteiger partial charge on any atom is -0.310 e. The monoisotopic (exact) mass is 261 g/mol. The molecule has 1 N–H and O–H groups in total. The van der Waals surface area contributed by atoms with Crippen LogP contribution in [0.5, 0.6) is 0 Å². The molecule has 0 aromatic heterocycles. The van der Waals surface area contributed by atoms with Crippen molar-refractivity contribution in [1.82, 2.24) is 5.32 Å². The minimum atomic E-state index is 0.517. The lowest BCUT2D eigenvalue weighted by Crippen LogP contribution is -2.28. The van der Waals surface area contributed by atoms with E-state index in [1.165, 1.54) is 42.4 Å². The topological polar surface area (TPSA) is 12.0 Å².